The molecule has 0 saturated carbocycles. The molecule has 1 aliphatic rings. The predicted molar refractivity (Wildman–Crippen MR) is 104 cm³/mol. The zero-order chi connectivity index (χ0) is 18.7. The Kier molecular flexibility index (Phi) is 5.49. The van der Waals surface area contributed by atoms with Crippen LogP contribution in [0.25, 0.3) is 6.08 Å². The van der Waals surface area contributed by atoms with Gasteiger partial charge >= 0.3 is 0 Å². The zero-order valence-corrected chi connectivity index (χ0v) is 15.5. The smallest absolute Gasteiger partial charge is 0.265 e. The van der Waals surface area contributed by atoms with Crippen LogP contribution in [0.2, 0.25) is 10.0 Å². The molecule has 3 rings (SSSR count). The summed E-state index contributed by atoms with van der Waals surface area (Å²) in [6.45, 7) is 2.44. The molecule has 0 bridgehead atoms. The molecule has 2 amide bonds. The minimum atomic E-state index is -0.318. The molecule has 1 aliphatic heterocycles. The fraction of sp³-hybridized carbons (Fsp3) is 0.158. The Morgan fingerprint density at radius 3 is 2.81 bits per heavy atom. The molecule has 1 N–H and O–H groups in total. The van der Waals surface area contributed by atoms with Gasteiger partial charge < -0.3 is 15.0 Å². The Hall–Kier alpha value is -2.50. The first-order chi connectivity index (χ1) is 12.5. The third-order valence-corrected chi connectivity index (χ3v) is 4.42. The van der Waals surface area contributed by atoms with E-state index in [1.165, 1.54) is 6.08 Å². The van der Waals surface area contributed by atoms with Crippen molar-refractivity contribution in [3.63, 3.8) is 0 Å². The number of ether oxygens (including phenoxy) is 1. The highest BCUT2D eigenvalue weighted by molar-refractivity contribution is 6.35. The molecule has 1 heterocycles. The number of carbonyl (C=O) groups excluding carboxylic acids is 2. The maximum absolute atomic E-state index is 12.2. The van der Waals surface area contributed by atoms with Crippen LogP contribution in [0.15, 0.2) is 42.5 Å². The normalized spacial score (nSPS) is 13.5. The summed E-state index contributed by atoms with van der Waals surface area (Å²) in [7, 11) is 0. The van der Waals surface area contributed by atoms with E-state index in [1.54, 1.807) is 47.4 Å². The number of carbonyl (C=O) groups is 2. The molecule has 0 aliphatic carbocycles. The summed E-state index contributed by atoms with van der Waals surface area (Å²) in [5, 5.41) is 3.76. The molecule has 26 heavy (non-hydrogen) atoms. The molecule has 0 radical (unpaired) electrons. The molecule has 2 aromatic carbocycles. The third-order valence-electron chi connectivity index (χ3n) is 3.86. The monoisotopic (exact) mass is 390 g/mol. The van der Waals surface area contributed by atoms with E-state index in [4.69, 9.17) is 27.9 Å². The summed E-state index contributed by atoms with van der Waals surface area (Å²) in [5.74, 6) is 0.191. The summed E-state index contributed by atoms with van der Waals surface area (Å²) < 4.78 is 5.41. The summed E-state index contributed by atoms with van der Waals surface area (Å²) in [6, 6.07) is 10.2. The number of nitrogens with one attached hydrogen (secondary N) is 1. The summed E-state index contributed by atoms with van der Waals surface area (Å²) in [4.78, 5) is 25.7. The number of fused-ring (bicyclic) bond motifs is 1. The standard InChI is InChI=1S/C19H16Cl2N2O3/c1-2-23-16-10-14(6-7-17(16)26-11-19(23)25)22-18(24)8-4-12-3-5-13(20)9-15(12)21/h3-10H,2,11H2,1H3,(H,22,24)/b8-4+. The van der Waals surface area contributed by atoms with Gasteiger partial charge in [-0.1, -0.05) is 29.3 Å². The van der Waals surface area contributed by atoms with Crippen molar-refractivity contribution in [3.05, 3.63) is 58.1 Å². The van der Waals surface area contributed by atoms with Gasteiger partial charge in [-0.05, 0) is 48.9 Å². The van der Waals surface area contributed by atoms with Gasteiger partial charge in [0.15, 0.2) is 6.61 Å². The second-order valence-corrected chi connectivity index (χ2v) is 6.44. The van der Waals surface area contributed by atoms with Gasteiger partial charge in [-0.25, -0.2) is 0 Å². The number of likely N-dealkylation sites (N-methyl/N-ethyl adjacent to an activating group) is 1. The lowest BCUT2D eigenvalue weighted by atomic mass is 10.2. The van der Waals surface area contributed by atoms with Gasteiger partial charge in [-0.2, -0.15) is 0 Å². The lowest BCUT2D eigenvalue weighted by Crippen LogP contribution is -2.38. The van der Waals surface area contributed by atoms with Crippen molar-refractivity contribution in [2.24, 2.45) is 0 Å². The van der Waals surface area contributed by atoms with Crippen LogP contribution >= 0.6 is 23.2 Å². The number of hydrogen-bond donors (Lipinski definition) is 1. The molecule has 0 atom stereocenters. The van der Waals surface area contributed by atoms with Crippen molar-refractivity contribution in [2.45, 2.75) is 6.92 Å². The van der Waals surface area contributed by atoms with Gasteiger partial charge in [-0.3, -0.25) is 9.59 Å². The van der Waals surface area contributed by atoms with E-state index in [0.717, 1.165) is 0 Å². The summed E-state index contributed by atoms with van der Waals surface area (Å²) in [5.41, 5.74) is 1.90. The molecule has 134 valence electrons. The first-order valence-corrected chi connectivity index (χ1v) is 8.75. The predicted octanol–water partition coefficient (Wildman–Crippen LogP) is 4.39. The number of nitrogens with zero attached hydrogens (tertiary/aromatic N) is 1. The van der Waals surface area contributed by atoms with Crippen LogP contribution in [0, 0.1) is 0 Å². The molecule has 2 aromatic rings. The van der Waals surface area contributed by atoms with Crippen LogP contribution in [0.5, 0.6) is 5.75 Å². The minimum Gasteiger partial charge on any atom is -0.482 e. The van der Waals surface area contributed by atoms with Crippen LogP contribution in [0.1, 0.15) is 12.5 Å². The van der Waals surface area contributed by atoms with E-state index < -0.39 is 0 Å². The van der Waals surface area contributed by atoms with E-state index in [2.05, 4.69) is 5.32 Å². The van der Waals surface area contributed by atoms with Crippen molar-refractivity contribution in [1.82, 2.24) is 0 Å². The zero-order valence-electron chi connectivity index (χ0n) is 14.0. The maximum atomic E-state index is 12.2. The highest BCUT2D eigenvalue weighted by Gasteiger charge is 2.24. The molecular weight excluding hydrogens is 375 g/mol. The average Bonchev–Trinajstić information content (AvgIpc) is 2.61. The highest BCUT2D eigenvalue weighted by atomic mass is 35.5. The van der Waals surface area contributed by atoms with Crippen molar-refractivity contribution in [3.8, 4) is 5.75 Å². The molecule has 0 aromatic heterocycles. The number of amides is 2. The van der Waals surface area contributed by atoms with Crippen LogP contribution in [0.3, 0.4) is 0 Å². The van der Waals surface area contributed by atoms with Gasteiger partial charge in [0.25, 0.3) is 5.91 Å². The first kappa shape index (κ1) is 18.3. The molecule has 7 heteroatoms. The van der Waals surface area contributed by atoms with Crippen LogP contribution in [-0.4, -0.2) is 25.0 Å². The second kappa shape index (κ2) is 7.81. The Morgan fingerprint density at radius 2 is 2.08 bits per heavy atom. The van der Waals surface area contributed by atoms with Gasteiger partial charge in [-0.15, -0.1) is 0 Å². The first-order valence-electron chi connectivity index (χ1n) is 7.99. The van der Waals surface area contributed by atoms with Crippen molar-refractivity contribution < 1.29 is 14.3 Å². The molecule has 0 fully saturated rings. The van der Waals surface area contributed by atoms with Gasteiger partial charge in [0.1, 0.15) is 5.75 Å². The lowest BCUT2D eigenvalue weighted by molar-refractivity contribution is -0.121. The molecule has 0 spiro atoms. The van der Waals surface area contributed by atoms with Gasteiger partial charge in [0.05, 0.1) is 5.69 Å². The lowest BCUT2D eigenvalue weighted by Gasteiger charge is -2.28. The number of halogens is 2. The minimum absolute atomic E-state index is 0.0249. The number of benzene rings is 2. The number of anilines is 2. The quantitative estimate of drug-likeness (QED) is 0.787. The van der Waals surface area contributed by atoms with Gasteiger partial charge in [0.2, 0.25) is 5.91 Å². The van der Waals surface area contributed by atoms with E-state index in [1.807, 2.05) is 6.92 Å². The Bertz CT molecular complexity index is 896. The fourth-order valence-electron chi connectivity index (χ4n) is 2.61. The van der Waals surface area contributed by atoms with Crippen molar-refractivity contribution in [1.29, 1.82) is 0 Å². The Morgan fingerprint density at radius 1 is 1.27 bits per heavy atom. The van der Waals surface area contributed by atoms with Crippen molar-refractivity contribution >= 4 is 52.5 Å². The van der Waals surface area contributed by atoms with Crippen LogP contribution in [0.4, 0.5) is 11.4 Å². The molecular formula is C19H16Cl2N2O3. The Labute approximate surface area is 161 Å². The number of hydrogen-bond acceptors (Lipinski definition) is 3. The van der Waals surface area contributed by atoms with E-state index >= 15 is 0 Å². The van der Waals surface area contributed by atoms with Crippen LogP contribution < -0.4 is 15.0 Å². The maximum Gasteiger partial charge on any atom is 0.265 e. The third kappa shape index (κ3) is 4.00. The molecule has 5 nitrogen and oxygen atoms in total. The fourth-order valence-corrected chi connectivity index (χ4v) is 3.08. The summed E-state index contributed by atoms with van der Waals surface area (Å²) in [6.07, 6.45) is 2.99. The van der Waals surface area contributed by atoms with Crippen LogP contribution in [-0.2, 0) is 9.59 Å². The van der Waals surface area contributed by atoms with Gasteiger partial charge in [0, 0.05) is 28.4 Å². The van der Waals surface area contributed by atoms with Crippen molar-refractivity contribution in [2.75, 3.05) is 23.4 Å². The largest absolute Gasteiger partial charge is 0.482 e. The Balaban J connectivity index is 1.75. The van der Waals surface area contributed by atoms with E-state index in [-0.39, 0.29) is 18.4 Å². The SMILES string of the molecule is CCN1C(=O)COc2ccc(NC(=O)/C=C/c3ccc(Cl)cc3Cl)cc21. The van der Waals surface area contributed by atoms with E-state index in [9.17, 15) is 9.59 Å². The molecule has 0 unspecified atom stereocenters. The average molecular weight is 391 g/mol. The highest BCUT2D eigenvalue weighted by Crippen LogP contribution is 2.34. The van der Waals surface area contributed by atoms with E-state index in [0.29, 0.717) is 39.3 Å². The second-order valence-electron chi connectivity index (χ2n) is 5.60. The topological polar surface area (TPSA) is 58.6 Å². The number of rotatable bonds is 4. The summed E-state index contributed by atoms with van der Waals surface area (Å²) >= 11 is 11.9. The molecule has 0 saturated heterocycles.